The van der Waals surface area contributed by atoms with Gasteiger partial charge in [-0.05, 0) is 35.9 Å². The maximum absolute atomic E-state index is 5.16. The van der Waals surface area contributed by atoms with Gasteiger partial charge in [0.15, 0.2) is 0 Å². The summed E-state index contributed by atoms with van der Waals surface area (Å²) >= 11 is 5.50. The first-order valence-corrected chi connectivity index (χ1v) is 8.01. The summed E-state index contributed by atoms with van der Waals surface area (Å²) in [5.74, 6) is 0. The highest BCUT2D eigenvalue weighted by atomic mass is 127. The molecule has 62 valence electrons. The summed E-state index contributed by atoms with van der Waals surface area (Å²) in [6.07, 6.45) is 2.12. The van der Waals surface area contributed by atoms with Crippen LogP contribution >= 0.6 is 44.4 Å². The van der Waals surface area contributed by atoms with Gasteiger partial charge in [0.05, 0.1) is 12.6 Å². The number of allylic oxidation sites excluding steroid dienone is 1. The zero-order valence-electron chi connectivity index (χ0n) is 6.23. The Hall–Kier alpha value is 1.34. The molecule has 4 heteroatoms. The van der Waals surface area contributed by atoms with E-state index in [0.717, 1.165) is 5.33 Å². The molecule has 0 saturated carbocycles. The van der Waals surface area contributed by atoms with Gasteiger partial charge in [-0.25, -0.2) is 0 Å². The molecular weight excluding hydrogens is 326 g/mol. The predicted molar refractivity (Wildman–Crippen MR) is 62.5 cm³/mol. The zero-order chi connectivity index (χ0) is 8.41. The van der Waals surface area contributed by atoms with E-state index in [-0.39, 0.29) is 0 Å². The Bertz CT molecular complexity index is 72.8. The molecule has 2 unspecified atom stereocenters. The molecule has 0 aromatic carbocycles. The average molecular weight is 339 g/mol. The Morgan fingerprint density at radius 3 is 2.40 bits per heavy atom. The van der Waals surface area contributed by atoms with Gasteiger partial charge < -0.3 is 4.52 Å². The van der Waals surface area contributed by atoms with Crippen molar-refractivity contribution < 1.29 is 4.52 Å². The fourth-order valence-electron chi connectivity index (χ4n) is 0.108. The molecule has 0 aliphatic carbocycles. The minimum atomic E-state index is 0.371. The fourth-order valence-corrected chi connectivity index (χ4v) is 2.02. The first kappa shape index (κ1) is 13.9. The Balaban J connectivity index is 0. The lowest BCUT2D eigenvalue weighted by Crippen LogP contribution is -2.01. The van der Waals surface area contributed by atoms with Gasteiger partial charge in [-0.15, -0.1) is 6.58 Å². The van der Waals surface area contributed by atoms with E-state index < -0.39 is 0 Å². The molecule has 0 bridgehead atoms. The van der Waals surface area contributed by atoms with Gasteiger partial charge in [0.25, 0.3) is 0 Å². The largest absolute Gasteiger partial charge is 0.348 e. The van der Waals surface area contributed by atoms with E-state index in [1.165, 1.54) is 0 Å². The molecule has 0 radical (unpaired) electrons. The van der Waals surface area contributed by atoms with Crippen molar-refractivity contribution >= 4 is 44.4 Å². The van der Waals surface area contributed by atoms with Gasteiger partial charge >= 0.3 is 0 Å². The van der Waals surface area contributed by atoms with E-state index in [2.05, 4.69) is 44.5 Å². The van der Waals surface area contributed by atoms with Crippen molar-refractivity contribution in [3.8, 4) is 0 Å². The van der Waals surface area contributed by atoms with Crippen LogP contribution < -0.4 is 0 Å². The van der Waals surface area contributed by atoms with Crippen LogP contribution in [-0.2, 0) is 4.52 Å². The Morgan fingerprint density at radius 1 is 1.90 bits per heavy atom. The Kier molecular flexibility index (Phi) is 18.0. The van der Waals surface area contributed by atoms with Crippen LogP contribution in [0.3, 0.4) is 0 Å². The van der Waals surface area contributed by atoms with Gasteiger partial charge in [-0.3, -0.25) is 0 Å². The molecule has 1 nitrogen and oxygen atoms in total. The summed E-state index contributed by atoms with van der Waals surface area (Å²) in [4.78, 5) is 0. The van der Waals surface area contributed by atoms with Crippen molar-refractivity contribution in [1.82, 2.24) is 0 Å². The summed E-state index contributed by atoms with van der Waals surface area (Å²) in [7, 11) is 0. The van der Waals surface area contributed by atoms with E-state index in [1.54, 1.807) is 6.08 Å². The third-order valence-corrected chi connectivity index (χ3v) is 2.63. The molecule has 0 spiro atoms. The fraction of sp³-hybridized carbons (Fsp3) is 0.667. The van der Waals surface area contributed by atoms with Gasteiger partial charge in [-0.2, -0.15) is 0 Å². The van der Waals surface area contributed by atoms with Crippen LogP contribution in [-0.4, -0.2) is 11.4 Å². The summed E-state index contributed by atoms with van der Waals surface area (Å²) in [6, 6.07) is 0. The molecule has 0 aliphatic rings. The molecule has 2 atom stereocenters. The minimum Gasteiger partial charge on any atom is -0.348 e. The highest BCUT2D eigenvalue weighted by molar-refractivity contribution is 14.2. The molecule has 0 aromatic heterocycles. The van der Waals surface area contributed by atoms with Gasteiger partial charge in [-0.1, -0.05) is 22.0 Å². The molecule has 0 aliphatic heterocycles. The number of hydrogen-bond donors (Lipinski definition) is 0. The minimum absolute atomic E-state index is 0.371. The smallest absolute Gasteiger partial charge is 0.0797 e. The second kappa shape index (κ2) is 13.0. The van der Waals surface area contributed by atoms with Crippen molar-refractivity contribution in [2.45, 2.75) is 20.0 Å². The summed E-state index contributed by atoms with van der Waals surface area (Å²) in [6.45, 7) is 7.88. The summed E-state index contributed by atoms with van der Waals surface area (Å²) < 4.78 is 5.16. The normalized spacial score (nSPS) is 12.4. The molecule has 0 fully saturated rings. The monoisotopic (exact) mass is 338 g/mol. The summed E-state index contributed by atoms with van der Waals surface area (Å²) in [5.41, 5.74) is 0. The average Bonchev–Trinajstić information content (AvgIpc) is 1.90. The third-order valence-electron chi connectivity index (χ3n) is 0.463. The van der Waals surface area contributed by atoms with Crippen molar-refractivity contribution in [3.05, 3.63) is 12.7 Å². The van der Waals surface area contributed by atoms with E-state index in [0.29, 0.717) is 12.6 Å². The van der Waals surface area contributed by atoms with Crippen LogP contribution in [0.2, 0.25) is 0 Å². The SMILES string of the molecule is C=CC.CC(CBr)OPI. The lowest BCUT2D eigenvalue weighted by Gasteiger charge is -2.03. The Morgan fingerprint density at radius 2 is 2.30 bits per heavy atom. The molecule has 0 aromatic rings. The quantitative estimate of drug-likeness (QED) is 0.328. The maximum atomic E-state index is 5.16. The van der Waals surface area contributed by atoms with Gasteiger partial charge in [0, 0.05) is 5.33 Å². The molecular formula is C6H13BrIOP. The molecule has 10 heavy (non-hydrogen) atoms. The van der Waals surface area contributed by atoms with Crippen LogP contribution in [0.5, 0.6) is 0 Å². The maximum Gasteiger partial charge on any atom is 0.0797 e. The molecule has 0 saturated heterocycles. The van der Waals surface area contributed by atoms with E-state index in [9.17, 15) is 0 Å². The van der Waals surface area contributed by atoms with Gasteiger partial charge in [0.1, 0.15) is 0 Å². The van der Waals surface area contributed by atoms with E-state index in [4.69, 9.17) is 4.52 Å². The predicted octanol–water partition coefficient (Wildman–Crippen LogP) is 3.92. The standard InChI is InChI=1S/C3H7BrIOP.C3H6/c1-3(2-4)6-7-5;1-3-2/h3,7H,2H2,1H3;3H,1H2,2H3. The highest BCUT2D eigenvalue weighted by Crippen LogP contribution is 2.24. The second-order valence-electron chi connectivity index (χ2n) is 1.57. The van der Waals surface area contributed by atoms with Gasteiger partial charge in [0.2, 0.25) is 0 Å². The number of halogens is 2. The molecule has 0 amide bonds. The number of hydrogen-bond acceptors (Lipinski definition) is 1. The molecule has 0 heterocycles. The first-order valence-electron chi connectivity index (χ1n) is 2.87. The third kappa shape index (κ3) is 16.2. The van der Waals surface area contributed by atoms with Crippen LogP contribution in [0, 0.1) is 0 Å². The van der Waals surface area contributed by atoms with Crippen LogP contribution in [0.1, 0.15) is 13.8 Å². The van der Waals surface area contributed by atoms with Crippen molar-refractivity contribution in [2.24, 2.45) is 0 Å². The second-order valence-corrected chi connectivity index (χ2v) is 3.93. The Labute approximate surface area is 86.5 Å². The number of alkyl halides is 1. The summed E-state index contributed by atoms with van der Waals surface area (Å²) in [5, 5.41) is 0.934. The highest BCUT2D eigenvalue weighted by Gasteiger charge is 1.94. The number of rotatable bonds is 3. The first-order chi connectivity index (χ1) is 4.72. The van der Waals surface area contributed by atoms with Crippen molar-refractivity contribution in [1.29, 1.82) is 0 Å². The van der Waals surface area contributed by atoms with Crippen LogP contribution in [0.15, 0.2) is 12.7 Å². The topological polar surface area (TPSA) is 9.23 Å². The van der Waals surface area contributed by atoms with Crippen molar-refractivity contribution in [3.63, 3.8) is 0 Å². The van der Waals surface area contributed by atoms with Crippen LogP contribution in [0.25, 0.3) is 0 Å². The molecule has 0 rings (SSSR count). The van der Waals surface area contributed by atoms with E-state index in [1.807, 2.05) is 13.8 Å². The zero-order valence-corrected chi connectivity index (χ0v) is 11.0. The van der Waals surface area contributed by atoms with Crippen LogP contribution in [0.4, 0.5) is 0 Å². The van der Waals surface area contributed by atoms with E-state index >= 15 is 0 Å². The lowest BCUT2D eigenvalue weighted by atomic mass is 10.5. The molecule has 0 N–H and O–H groups in total. The lowest BCUT2D eigenvalue weighted by molar-refractivity contribution is 0.293. The van der Waals surface area contributed by atoms with Crippen molar-refractivity contribution in [2.75, 3.05) is 5.33 Å².